The molecule has 0 atom stereocenters. The zero-order chi connectivity index (χ0) is 31.0. The molecule has 46 heavy (non-hydrogen) atoms. The zero-order valence-electron chi connectivity index (χ0n) is 24.7. The number of para-hydroxylation sites is 2. The Morgan fingerprint density at radius 1 is 0.543 bits per heavy atom. The smallest absolute Gasteiger partial charge is 0.127 e. The van der Waals surface area contributed by atoms with E-state index in [0.29, 0.717) is 5.52 Å². The molecular weight excluding hydrogens is 578 g/mol. The Morgan fingerprint density at radius 3 is 1.72 bits per heavy atom. The number of hydrogen-bond acceptors (Lipinski definition) is 3. The summed E-state index contributed by atoms with van der Waals surface area (Å²) in [6, 6.07) is 48.9. The normalized spacial score (nSPS) is 12.2. The highest BCUT2D eigenvalue weighted by Crippen LogP contribution is 2.45. The van der Waals surface area contributed by atoms with Gasteiger partial charge in [0.2, 0.25) is 0 Å². The van der Waals surface area contributed by atoms with Gasteiger partial charge in [-0.3, -0.25) is 4.57 Å². The van der Waals surface area contributed by atoms with E-state index in [4.69, 9.17) is 15.7 Å². The van der Waals surface area contributed by atoms with Crippen LogP contribution in [0.3, 0.4) is 0 Å². The van der Waals surface area contributed by atoms with E-state index in [9.17, 15) is 5.11 Å². The van der Waals surface area contributed by atoms with E-state index in [1.165, 1.54) is 58.4 Å². The molecule has 3 nitrogen and oxygen atoms in total. The molecule has 0 unspecified atom stereocenters. The second-order valence-electron chi connectivity index (χ2n) is 11.8. The highest BCUT2D eigenvalue weighted by Gasteiger charge is 2.25. The van der Waals surface area contributed by atoms with Crippen molar-refractivity contribution in [2.45, 2.75) is 5.40 Å². The van der Waals surface area contributed by atoms with E-state index in [0.717, 1.165) is 16.8 Å². The lowest BCUT2D eigenvalue weighted by atomic mass is 9.65. The van der Waals surface area contributed by atoms with Crippen molar-refractivity contribution in [3.63, 3.8) is 0 Å². The molecule has 0 aliphatic heterocycles. The van der Waals surface area contributed by atoms with E-state index in [1.807, 2.05) is 52.3 Å². The summed E-state index contributed by atoms with van der Waals surface area (Å²) < 4.78 is 4.43. The molecule has 0 fully saturated rings. The second-order valence-corrected chi connectivity index (χ2v) is 12.9. The van der Waals surface area contributed by atoms with Crippen molar-refractivity contribution in [1.82, 2.24) is 9.55 Å². The number of aliphatic hydroxyl groups is 1. The molecule has 0 spiro atoms. The molecule has 0 bridgehead atoms. The van der Waals surface area contributed by atoms with Gasteiger partial charge in [0.25, 0.3) is 0 Å². The highest BCUT2D eigenvalue weighted by molar-refractivity contribution is 7.25. The standard InChI is InChI=1S/C40H24B2N2OS/c41-40(42,45)39-43-33-14-6-7-15-34(33)44(39)26-20-17-24(18-21-26)37-28-10-1-3-12-30(28)38(31-13-4-2-11-29(31)37)25-19-22-36-32(23-25)27-9-5-8-16-35(27)46-36/h1-23,45H. The molecule has 6 heteroatoms. The fraction of sp³-hybridized carbons (Fsp3) is 0.0250. The van der Waals surface area contributed by atoms with Crippen LogP contribution in [0.2, 0.25) is 0 Å². The molecule has 0 amide bonds. The van der Waals surface area contributed by atoms with E-state index in [-0.39, 0.29) is 5.82 Å². The second kappa shape index (κ2) is 10.2. The van der Waals surface area contributed by atoms with Crippen LogP contribution in [0, 0.1) is 0 Å². The first kappa shape index (κ1) is 27.2. The summed E-state index contributed by atoms with van der Waals surface area (Å²) in [5, 5.41) is 15.9. The van der Waals surface area contributed by atoms with Gasteiger partial charge in [-0.2, -0.15) is 0 Å². The third-order valence-corrected chi connectivity index (χ3v) is 10.1. The lowest BCUT2D eigenvalue weighted by Gasteiger charge is -2.21. The number of rotatable bonds is 4. The van der Waals surface area contributed by atoms with Crippen LogP contribution in [0.4, 0.5) is 0 Å². The van der Waals surface area contributed by atoms with Gasteiger partial charge in [-0.05, 0) is 86.3 Å². The molecule has 0 aliphatic carbocycles. The van der Waals surface area contributed by atoms with Crippen LogP contribution in [-0.4, -0.2) is 30.4 Å². The molecular formula is C40H24B2N2OS. The number of imidazole rings is 1. The quantitative estimate of drug-likeness (QED) is 0.161. The fourth-order valence-corrected chi connectivity index (χ4v) is 8.05. The van der Waals surface area contributed by atoms with Crippen LogP contribution in [0.1, 0.15) is 5.82 Å². The van der Waals surface area contributed by atoms with E-state index < -0.39 is 5.40 Å². The van der Waals surface area contributed by atoms with Crippen molar-refractivity contribution in [3.8, 4) is 27.9 Å². The monoisotopic (exact) mass is 602 g/mol. The van der Waals surface area contributed by atoms with Crippen LogP contribution >= 0.6 is 11.3 Å². The van der Waals surface area contributed by atoms with Crippen molar-refractivity contribution in [1.29, 1.82) is 0 Å². The first-order valence-corrected chi connectivity index (χ1v) is 16.0. The SMILES string of the molecule is [B]C([B])(O)c1nc2ccccc2n1-c1ccc(-c2c3ccccc3c(-c3ccc4sc5ccccc5c4c3)c3ccccc23)cc1. The predicted octanol–water partition coefficient (Wildman–Crippen LogP) is 9.47. The van der Waals surface area contributed by atoms with Gasteiger partial charge in [0.1, 0.15) is 21.5 Å². The van der Waals surface area contributed by atoms with E-state index in [2.05, 4.69) is 108 Å². The van der Waals surface area contributed by atoms with Crippen LogP contribution in [0.15, 0.2) is 140 Å². The maximum absolute atomic E-state index is 10.6. The number of aromatic nitrogens is 2. The highest BCUT2D eigenvalue weighted by atomic mass is 32.1. The Labute approximate surface area is 272 Å². The molecule has 0 saturated heterocycles. The van der Waals surface area contributed by atoms with Crippen molar-refractivity contribution in [2.24, 2.45) is 0 Å². The summed E-state index contributed by atoms with van der Waals surface area (Å²) in [6.45, 7) is 0. The Morgan fingerprint density at radius 2 is 1.07 bits per heavy atom. The Hall–Kier alpha value is -5.16. The minimum absolute atomic E-state index is 0.178. The molecule has 9 aromatic rings. The van der Waals surface area contributed by atoms with Gasteiger partial charge >= 0.3 is 0 Å². The molecule has 0 aliphatic rings. The summed E-state index contributed by atoms with van der Waals surface area (Å²) in [5.41, 5.74) is 7.04. The van der Waals surface area contributed by atoms with Crippen LogP contribution in [0.25, 0.3) is 80.7 Å². The Bertz CT molecular complexity index is 2570. The van der Waals surface area contributed by atoms with Gasteiger partial charge in [-0.25, -0.2) is 4.98 Å². The molecule has 7 aromatic carbocycles. The lowest BCUT2D eigenvalue weighted by Crippen LogP contribution is -2.30. The maximum atomic E-state index is 10.6. The number of nitrogens with zero attached hydrogens (tertiary/aromatic N) is 2. The summed E-state index contributed by atoms with van der Waals surface area (Å²) in [6.07, 6.45) is 0. The topological polar surface area (TPSA) is 38.1 Å². The fourth-order valence-electron chi connectivity index (χ4n) is 6.97. The maximum Gasteiger partial charge on any atom is 0.127 e. The summed E-state index contributed by atoms with van der Waals surface area (Å²) in [4.78, 5) is 4.56. The number of benzene rings is 7. The summed E-state index contributed by atoms with van der Waals surface area (Å²) >= 11 is 1.84. The van der Waals surface area contributed by atoms with Gasteiger partial charge in [-0.15, -0.1) is 11.3 Å². The number of hydrogen-bond donors (Lipinski definition) is 1. The molecule has 9 rings (SSSR count). The molecule has 0 saturated carbocycles. The molecule has 2 aromatic heterocycles. The first-order valence-electron chi connectivity index (χ1n) is 15.2. The average molecular weight is 602 g/mol. The average Bonchev–Trinajstić information content (AvgIpc) is 3.66. The Kier molecular flexibility index (Phi) is 6.01. The van der Waals surface area contributed by atoms with Crippen molar-refractivity contribution < 1.29 is 5.11 Å². The third kappa shape index (κ3) is 4.14. The number of thiophene rings is 1. The molecule has 212 valence electrons. The van der Waals surface area contributed by atoms with Gasteiger partial charge in [-0.1, -0.05) is 97.1 Å². The van der Waals surface area contributed by atoms with Gasteiger partial charge in [0.15, 0.2) is 0 Å². The lowest BCUT2D eigenvalue weighted by molar-refractivity contribution is 0.205. The molecule has 1 N–H and O–H groups in total. The van der Waals surface area contributed by atoms with Crippen LogP contribution < -0.4 is 0 Å². The predicted molar refractivity (Wildman–Crippen MR) is 195 cm³/mol. The van der Waals surface area contributed by atoms with E-state index in [1.54, 1.807) is 0 Å². The van der Waals surface area contributed by atoms with Gasteiger partial charge in [0.05, 0.1) is 11.0 Å². The summed E-state index contributed by atoms with van der Waals surface area (Å²) in [7, 11) is 11.9. The Balaban J connectivity index is 1.27. The van der Waals surface area contributed by atoms with E-state index >= 15 is 0 Å². The minimum atomic E-state index is -2.10. The van der Waals surface area contributed by atoms with Gasteiger partial charge in [0, 0.05) is 31.3 Å². The molecule has 2 heterocycles. The van der Waals surface area contributed by atoms with Crippen molar-refractivity contribution in [3.05, 3.63) is 145 Å². The zero-order valence-corrected chi connectivity index (χ0v) is 25.5. The van der Waals surface area contributed by atoms with Gasteiger partial charge < -0.3 is 5.11 Å². The van der Waals surface area contributed by atoms with Crippen LogP contribution in [0.5, 0.6) is 0 Å². The molecule has 4 radical (unpaired) electrons. The first-order chi connectivity index (χ1) is 22.5. The number of fused-ring (bicyclic) bond motifs is 6. The van der Waals surface area contributed by atoms with Crippen LogP contribution in [-0.2, 0) is 5.40 Å². The largest absolute Gasteiger partial charge is 0.402 e. The van der Waals surface area contributed by atoms with Crippen molar-refractivity contribution >= 4 is 79.8 Å². The third-order valence-electron chi connectivity index (χ3n) is 8.93. The van der Waals surface area contributed by atoms with Crippen molar-refractivity contribution in [2.75, 3.05) is 0 Å². The minimum Gasteiger partial charge on any atom is -0.402 e. The summed E-state index contributed by atoms with van der Waals surface area (Å²) in [5.74, 6) is 0.178.